The monoisotopic (exact) mass is 536 g/mol. The third kappa shape index (κ3) is 7.72. The van der Waals surface area contributed by atoms with Crippen LogP contribution in [0.2, 0.25) is 5.15 Å². The molecule has 178 valence electrons. The number of aromatic nitrogens is 2. The summed E-state index contributed by atoms with van der Waals surface area (Å²) in [6, 6.07) is 21.2. The Morgan fingerprint density at radius 3 is 2.26 bits per heavy atom. The van der Waals surface area contributed by atoms with E-state index in [9.17, 15) is 0 Å². The van der Waals surface area contributed by atoms with E-state index in [1.54, 1.807) is 0 Å². The Hall–Kier alpha value is -2.62. The third-order valence-corrected chi connectivity index (χ3v) is 6.31. The van der Waals surface area contributed by atoms with Gasteiger partial charge in [-0.1, -0.05) is 134 Å². The lowest BCUT2D eigenvalue weighted by atomic mass is 10.0. The number of imidazole rings is 1. The van der Waals surface area contributed by atoms with E-state index in [0.29, 0.717) is 5.15 Å². The molecule has 0 radical (unpaired) electrons. The molecule has 4 heteroatoms. The fourth-order valence-electron chi connectivity index (χ4n) is 3.47. The molecule has 0 fully saturated rings. The average molecular weight is 538 g/mol. The number of hydrogen-bond acceptors (Lipinski definition) is 1. The van der Waals surface area contributed by atoms with Crippen molar-refractivity contribution in [3.63, 3.8) is 0 Å². The van der Waals surface area contributed by atoms with Gasteiger partial charge < -0.3 is 4.57 Å². The van der Waals surface area contributed by atoms with E-state index in [4.69, 9.17) is 11.6 Å². The van der Waals surface area contributed by atoms with Gasteiger partial charge in [-0.15, -0.1) is 0 Å². The van der Waals surface area contributed by atoms with Gasteiger partial charge >= 0.3 is 0 Å². The van der Waals surface area contributed by atoms with E-state index in [0.717, 1.165) is 35.1 Å². The number of aryl methyl sites for hydroxylation is 2. The van der Waals surface area contributed by atoms with Gasteiger partial charge in [0.2, 0.25) is 0 Å². The van der Waals surface area contributed by atoms with Crippen molar-refractivity contribution in [3.8, 4) is 0 Å². The largest absolute Gasteiger partial charge is 0.333 e. The summed E-state index contributed by atoms with van der Waals surface area (Å²) >= 11 is 9.38. The zero-order valence-electron chi connectivity index (χ0n) is 20.4. The number of fused-ring (bicyclic) bond motifs is 1. The molecule has 3 aromatic carbocycles. The normalized spacial score (nSPS) is 10.0. The van der Waals surface area contributed by atoms with Crippen molar-refractivity contribution in [2.24, 2.45) is 0 Å². The van der Waals surface area contributed by atoms with Crippen LogP contribution in [0, 0.1) is 6.92 Å². The number of halogens is 2. The van der Waals surface area contributed by atoms with E-state index in [1.807, 2.05) is 25.4 Å². The first-order chi connectivity index (χ1) is 16.5. The molecule has 0 N–H and O–H groups in total. The highest BCUT2D eigenvalue weighted by Gasteiger charge is 2.05. The first-order valence-corrected chi connectivity index (χ1v) is 13.1. The van der Waals surface area contributed by atoms with Crippen molar-refractivity contribution in [1.29, 1.82) is 0 Å². The summed E-state index contributed by atoms with van der Waals surface area (Å²) < 4.78 is 2.10. The molecule has 0 bridgehead atoms. The van der Waals surface area contributed by atoms with Crippen LogP contribution in [0.25, 0.3) is 22.9 Å². The maximum atomic E-state index is 5.97. The molecule has 0 aliphatic rings. The molecular weight excluding hydrogens is 504 g/mol. The van der Waals surface area contributed by atoms with Gasteiger partial charge in [0.15, 0.2) is 0 Å². The van der Waals surface area contributed by atoms with E-state index < -0.39 is 0 Å². The molecule has 0 aliphatic heterocycles. The van der Waals surface area contributed by atoms with Gasteiger partial charge in [-0.25, -0.2) is 4.98 Å². The molecule has 0 spiro atoms. The average Bonchev–Trinajstić information content (AvgIpc) is 3.20. The van der Waals surface area contributed by atoms with Crippen molar-refractivity contribution in [1.82, 2.24) is 9.55 Å². The number of hydrogen-bond donors (Lipinski definition) is 0. The summed E-state index contributed by atoms with van der Waals surface area (Å²) in [4.78, 5) is 4.12. The highest BCUT2D eigenvalue weighted by molar-refractivity contribution is 9.08. The van der Waals surface area contributed by atoms with Crippen LogP contribution in [0.1, 0.15) is 48.2 Å². The summed E-state index contributed by atoms with van der Waals surface area (Å²) in [7, 11) is 0. The van der Waals surface area contributed by atoms with Crippen LogP contribution in [0.4, 0.5) is 0 Å². The molecule has 4 rings (SSSR count). The van der Waals surface area contributed by atoms with Crippen LogP contribution in [0.15, 0.2) is 80.1 Å². The van der Waals surface area contributed by atoms with Gasteiger partial charge in [0.25, 0.3) is 0 Å². The van der Waals surface area contributed by atoms with Gasteiger partial charge in [-0.2, -0.15) is 0 Å². The summed E-state index contributed by atoms with van der Waals surface area (Å²) in [6.45, 7) is 14.6. The lowest BCUT2D eigenvalue weighted by Gasteiger charge is -2.08. The van der Waals surface area contributed by atoms with Crippen molar-refractivity contribution < 1.29 is 0 Å². The Kier molecular flexibility index (Phi) is 11.9. The van der Waals surface area contributed by atoms with E-state index in [-0.39, 0.29) is 0 Å². The molecular formula is C30H34BrClN2. The summed E-state index contributed by atoms with van der Waals surface area (Å²) in [5.41, 5.74) is 5.93. The topological polar surface area (TPSA) is 17.8 Å². The van der Waals surface area contributed by atoms with Gasteiger partial charge in [0, 0.05) is 11.9 Å². The molecule has 0 saturated carbocycles. The van der Waals surface area contributed by atoms with Crippen LogP contribution in [-0.4, -0.2) is 9.55 Å². The van der Waals surface area contributed by atoms with Crippen LogP contribution in [0.3, 0.4) is 0 Å². The SMILES string of the molecule is C=Cc1ccc(CBr)cc1C=C.CCC.Cc1c(Cl)ncn1CCc1cccc2ccccc12. The van der Waals surface area contributed by atoms with Crippen LogP contribution in [-0.2, 0) is 18.3 Å². The smallest absolute Gasteiger partial charge is 0.149 e. The number of alkyl halides is 1. The van der Waals surface area contributed by atoms with Crippen LogP contribution >= 0.6 is 27.5 Å². The Morgan fingerprint density at radius 2 is 1.65 bits per heavy atom. The van der Waals surface area contributed by atoms with Crippen molar-refractivity contribution in [2.75, 3.05) is 0 Å². The lowest BCUT2D eigenvalue weighted by molar-refractivity contribution is 0.680. The second-order valence-electron chi connectivity index (χ2n) is 7.91. The van der Waals surface area contributed by atoms with Crippen molar-refractivity contribution in [3.05, 3.63) is 113 Å². The van der Waals surface area contributed by atoms with E-state index in [1.165, 1.54) is 28.3 Å². The first kappa shape index (κ1) is 27.6. The maximum Gasteiger partial charge on any atom is 0.149 e. The van der Waals surface area contributed by atoms with Crippen LogP contribution < -0.4 is 0 Å². The second-order valence-corrected chi connectivity index (χ2v) is 8.83. The van der Waals surface area contributed by atoms with Gasteiger partial charge in [0.05, 0.1) is 12.0 Å². The Bertz CT molecular complexity index is 1200. The molecule has 0 unspecified atom stereocenters. The van der Waals surface area contributed by atoms with Crippen molar-refractivity contribution in [2.45, 2.75) is 45.5 Å². The zero-order chi connectivity index (χ0) is 24.9. The lowest BCUT2D eigenvalue weighted by Crippen LogP contribution is -2.02. The van der Waals surface area contributed by atoms with Gasteiger partial charge in [-0.05, 0) is 46.4 Å². The predicted octanol–water partition coefficient (Wildman–Crippen LogP) is 9.52. The minimum Gasteiger partial charge on any atom is -0.333 e. The molecule has 1 aromatic heterocycles. The standard InChI is InChI=1S/C16H15ClN2.C11H11Br.C3H8/c1-12-16(17)18-11-19(12)10-9-14-7-4-6-13-5-2-3-8-15(13)14;1-3-10-6-5-9(8-12)7-11(10)4-2;1-3-2/h2-8,11H,9-10H2,1H3;3-7H,1-2,8H2;3H2,1-2H3. The zero-order valence-corrected chi connectivity index (χ0v) is 22.7. The molecule has 4 aromatic rings. The fourth-order valence-corrected chi connectivity index (χ4v) is 3.97. The van der Waals surface area contributed by atoms with Crippen molar-refractivity contribution >= 4 is 50.5 Å². The molecule has 0 aliphatic carbocycles. The van der Waals surface area contributed by atoms with Gasteiger partial charge in [0.1, 0.15) is 5.15 Å². The number of nitrogens with zero attached hydrogens (tertiary/aromatic N) is 2. The van der Waals surface area contributed by atoms with E-state index >= 15 is 0 Å². The highest BCUT2D eigenvalue weighted by atomic mass is 79.9. The third-order valence-electron chi connectivity index (χ3n) is 5.29. The summed E-state index contributed by atoms with van der Waals surface area (Å²) in [5, 5.41) is 4.10. The fraction of sp³-hybridized carbons (Fsp3) is 0.233. The van der Waals surface area contributed by atoms with Gasteiger partial charge in [-0.3, -0.25) is 0 Å². The predicted molar refractivity (Wildman–Crippen MR) is 155 cm³/mol. The van der Waals surface area contributed by atoms with E-state index in [2.05, 4.69) is 113 Å². The minimum atomic E-state index is 0.595. The quantitative estimate of drug-likeness (QED) is 0.224. The molecule has 0 amide bonds. The second kappa shape index (κ2) is 14.6. The molecule has 34 heavy (non-hydrogen) atoms. The maximum absolute atomic E-state index is 5.97. The first-order valence-electron chi connectivity index (χ1n) is 11.6. The number of rotatable bonds is 6. The Morgan fingerprint density at radius 1 is 0.971 bits per heavy atom. The Balaban J connectivity index is 0.000000234. The Labute approximate surface area is 218 Å². The molecule has 0 saturated heterocycles. The summed E-state index contributed by atoms with van der Waals surface area (Å²) in [5.74, 6) is 0. The summed E-state index contributed by atoms with van der Waals surface area (Å²) in [6.07, 6.45) is 7.73. The number of benzene rings is 3. The van der Waals surface area contributed by atoms with Crippen LogP contribution in [0.5, 0.6) is 0 Å². The molecule has 1 heterocycles. The highest BCUT2D eigenvalue weighted by Crippen LogP contribution is 2.20. The minimum absolute atomic E-state index is 0.595. The molecule has 2 nitrogen and oxygen atoms in total. The molecule has 0 atom stereocenters.